The lowest BCUT2D eigenvalue weighted by atomic mass is 10.1. The number of amides is 1. The van der Waals surface area contributed by atoms with Crippen LogP contribution in [0.1, 0.15) is 5.56 Å². The van der Waals surface area contributed by atoms with Gasteiger partial charge in [0.05, 0.1) is 18.3 Å². The van der Waals surface area contributed by atoms with E-state index in [1.54, 1.807) is 19.2 Å². The van der Waals surface area contributed by atoms with Gasteiger partial charge in [-0.3, -0.25) is 9.48 Å². The summed E-state index contributed by atoms with van der Waals surface area (Å²) in [4.78, 5) is 11.8. The lowest BCUT2D eigenvalue weighted by Crippen LogP contribution is -2.17. The van der Waals surface area contributed by atoms with Gasteiger partial charge in [0.2, 0.25) is 5.91 Å². The zero-order valence-corrected chi connectivity index (χ0v) is 9.85. The van der Waals surface area contributed by atoms with Gasteiger partial charge in [-0.25, -0.2) is 4.39 Å². The van der Waals surface area contributed by atoms with E-state index in [0.717, 1.165) is 0 Å². The molecule has 0 aliphatic heterocycles. The van der Waals surface area contributed by atoms with Crippen molar-refractivity contribution >= 4 is 17.4 Å². The van der Waals surface area contributed by atoms with Crippen LogP contribution in [0.4, 0.5) is 15.9 Å². The molecule has 0 aliphatic rings. The van der Waals surface area contributed by atoms with E-state index in [4.69, 9.17) is 5.73 Å². The summed E-state index contributed by atoms with van der Waals surface area (Å²) < 4.78 is 14.4. The highest BCUT2D eigenvalue weighted by Crippen LogP contribution is 2.16. The fourth-order valence-corrected chi connectivity index (χ4v) is 1.62. The molecule has 2 rings (SSSR count). The molecule has 0 aliphatic carbocycles. The minimum Gasteiger partial charge on any atom is -0.394 e. The van der Waals surface area contributed by atoms with Crippen LogP contribution in [0.25, 0.3) is 0 Å². The van der Waals surface area contributed by atoms with Crippen molar-refractivity contribution in [1.82, 2.24) is 9.78 Å². The van der Waals surface area contributed by atoms with Crippen molar-refractivity contribution in [2.75, 3.05) is 11.1 Å². The van der Waals surface area contributed by atoms with Gasteiger partial charge < -0.3 is 11.1 Å². The van der Waals surface area contributed by atoms with Crippen LogP contribution in [0.3, 0.4) is 0 Å². The number of aryl methyl sites for hydroxylation is 1. The lowest BCUT2D eigenvalue weighted by molar-refractivity contribution is -0.115. The maximum atomic E-state index is 13.0. The van der Waals surface area contributed by atoms with Crippen LogP contribution < -0.4 is 11.1 Å². The number of carbonyl (C=O) groups is 1. The quantitative estimate of drug-likeness (QED) is 0.860. The molecule has 0 saturated carbocycles. The number of nitrogens with one attached hydrogen (secondary N) is 1. The molecule has 0 bridgehead atoms. The SMILES string of the molecule is Cn1ncc(N)c1NC(=O)Cc1cccc(F)c1. The Bertz CT molecular complexity index is 560. The zero-order valence-electron chi connectivity index (χ0n) is 9.85. The molecular weight excluding hydrogens is 235 g/mol. The molecule has 6 heteroatoms. The van der Waals surface area contributed by atoms with E-state index in [-0.39, 0.29) is 18.1 Å². The van der Waals surface area contributed by atoms with Gasteiger partial charge in [0, 0.05) is 7.05 Å². The van der Waals surface area contributed by atoms with Gasteiger partial charge in [-0.05, 0) is 17.7 Å². The molecule has 0 atom stereocenters. The molecule has 1 heterocycles. The first kappa shape index (κ1) is 12.1. The molecule has 1 aromatic heterocycles. The van der Waals surface area contributed by atoms with E-state index in [9.17, 15) is 9.18 Å². The van der Waals surface area contributed by atoms with Gasteiger partial charge in [-0.2, -0.15) is 5.10 Å². The second-order valence-corrected chi connectivity index (χ2v) is 3.93. The molecule has 0 unspecified atom stereocenters. The molecule has 1 amide bonds. The summed E-state index contributed by atoms with van der Waals surface area (Å²) in [6.45, 7) is 0. The first-order valence-corrected chi connectivity index (χ1v) is 5.38. The summed E-state index contributed by atoms with van der Waals surface area (Å²) in [7, 11) is 1.67. The largest absolute Gasteiger partial charge is 0.394 e. The summed E-state index contributed by atoms with van der Waals surface area (Å²) >= 11 is 0. The molecule has 18 heavy (non-hydrogen) atoms. The van der Waals surface area contributed by atoms with Gasteiger partial charge in [0.15, 0.2) is 5.82 Å². The Hall–Kier alpha value is -2.37. The summed E-state index contributed by atoms with van der Waals surface area (Å²) in [5.74, 6) is -0.187. The molecule has 0 radical (unpaired) electrons. The lowest BCUT2D eigenvalue weighted by Gasteiger charge is -2.06. The van der Waals surface area contributed by atoms with Crippen LogP contribution >= 0.6 is 0 Å². The Morgan fingerprint density at radius 3 is 2.94 bits per heavy atom. The van der Waals surface area contributed by atoms with Crippen molar-refractivity contribution in [1.29, 1.82) is 0 Å². The van der Waals surface area contributed by atoms with Crippen molar-refractivity contribution in [2.24, 2.45) is 7.05 Å². The Kier molecular flexibility index (Phi) is 3.27. The molecule has 0 saturated heterocycles. The number of hydrogen-bond acceptors (Lipinski definition) is 3. The minimum absolute atomic E-state index is 0.0857. The highest BCUT2D eigenvalue weighted by atomic mass is 19.1. The molecule has 2 aromatic rings. The van der Waals surface area contributed by atoms with E-state index < -0.39 is 0 Å². The van der Waals surface area contributed by atoms with E-state index in [2.05, 4.69) is 10.4 Å². The summed E-state index contributed by atoms with van der Waals surface area (Å²) in [5.41, 5.74) is 6.65. The topological polar surface area (TPSA) is 72.9 Å². The Balaban J connectivity index is 2.06. The van der Waals surface area contributed by atoms with Gasteiger partial charge >= 0.3 is 0 Å². The van der Waals surface area contributed by atoms with Crippen LogP contribution in [0.2, 0.25) is 0 Å². The second kappa shape index (κ2) is 4.87. The standard InChI is InChI=1S/C12H13FN4O/c1-17-12(10(14)7-15-17)16-11(18)6-8-3-2-4-9(13)5-8/h2-5,7H,6,14H2,1H3,(H,16,18). The number of nitrogens with zero attached hydrogens (tertiary/aromatic N) is 2. The van der Waals surface area contributed by atoms with Crippen molar-refractivity contribution in [3.63, 3.8) is 0 Å². The minimum atomic E-state index is -0.361. The summed E-state index contributed by atoms with van der Waals surface area (Å²) in [5, 5.41) is 6.55. The van der Waals surface area contributed by atoms with E-state index >= 15 is 0 Å². The van der Waals surface area contributed by atoms with Gasteiger partial charge in [-0.15, -0.1) is 0 Å². The van der Waals surface area contributed by atoms with E-state index in [1.165, 1.54) is 23.0 Å². The van der Waals surface area contributed by atoms with Crippen LogP contribution in [0.15, 0.2) is 30.5 Å². The number of anilines is 2. The Morgan fingerprint density at radius 2 is 2.33 bits per heavy atom. The van der Waals surface area contributed by atoms with Gasteiger partial charge in [0.25, 0.3) is 0 Å². The third-order valence-corrected chi connectivity index (χ3v) is 2.48. The normalized spacial score (nSPS) is 10.3. The van der Waals surface area contributed by atoms with E-state index in [1.807, 2.05) is 0 Å². The maximum Gasteiger partial charge on any atom is 0.229 e. The maximum absolute atomic E-state index is 13.0. The van der Waals surface area contributed by atoms with Crippen LogP contribution in [0.5, 0.6) is 0 Å². The van der Waals surface area contributed by atoms with Crippen LogP contribution in [0, 0.1) is 5.82 Å². The second-order valence-electron chi connectivity index (χ2n) is 3.93. The molecular formula is C12H13FN4O. The molecule has 1 aromatic carbocycles. The fraction of sp³-hybridized carbons (Fsp3) is 0.167. The third-order valence-electron chi connectivity index (χ3n) is 2.48. The van der Waals surface area contributed by atoms with Gasteiger partial charge in [0.1, 0.15) is 5.82 Å². The number of halogens is 1. The van der Waals surface area contributed by atoms with Crippen molar-refractivity contribution < 1.29 is 9.18 Å². The number of nitrogen functional groups attached to an aromatic ring is 1. The molecule has 94 valence electrons. The average Bonchev–Trinajstić information content (AvgIpc) is 2.61. The van der Waals surface area contributed by atoms with Crippen LogP contribution in [-0.4, -0.2) is 15.7 Å². The van der Waals surface area contributed by atoms with Crippen molar-refractivity contribution in [3.8, 4) is 0 Å². The van der Waals surface area contributed by atoms with Crippen molar-refractivity contribution in [3.05, 3.63) is 41.8 Å². The molecule has 0 spiro atoms. The number of carbonyl (C=O) groups excluding carboxylic acids is 1. The number of aromatic nitrogens is 2. The molecule has 0 fully saturated rings. The molecule has 3 N–H and O–H groups in total. The zero-order chi connectivity index (χ0) is 13.1. The van der Waals surface area contributed by atoms with Crippen molar-refractivity contribution in [2.45, 2.75) is 6.42 Å². The number of nitrogens with two attached hydrogens (primary N) is 1. The fourth-order valence-electron chi connectivity index (χ4n) is 1.62. The highest BCUT2D eigenvalue weighted by molar-refractivity contribution is 5.93. The molecule has 5 nitrogen and oxygen atoms in total. The first-order valence-electron chi connectivity index (χ1n) is 5.38. The average molecular weight is 248 g/mol. The summed E-state index contributed by atoms with van der Waals surface area (Å²) in [6, 6.07) is 5.92. The van der Waals surface area contributed by atoms with Gasteiger partial charge in [-0.1, -0.05) is 12.1 Å². The summed E-state index contributed by atoms with van der Waals surface area (Å²) in [6.07, 6.45) is 1.54. The number of hydrogen-bond donors (Lipinski definition) is 2. The third kappa shape index (κ3) is 2.65. The smallest absolute Gasteiger partial charge is 0.229 e. The predicted octanol–water partition coefficient (Wildman–Crippen LogP) is 1.32. The number of rotatable bonds is 3. The number of benzene rings is 1. The monoisotopic (exact) mass is 248 g/mol. The Morgan fingerprint density at radius 1 is 1.56 bits per heavy atom. The highest BCUT2D eigenvalue weighted by Gasteiger charge is 2.10. The Labute approximate surface area is 103 Å². The first-order chi connectivity index (χ1) is 8.56. The van der Waals surface area contributed by atoms with E-state index in [0.29, 0.717) is 17.1 Å². The predicted molar refractivity (Wildman–Crippen MR) is 66.4 cm³/mol. The van der Waals surface area contributed by atoms with Crippen LogP contribution in [-0.2, 0) is 18.3 Å².